The summed E-state index contributed by atoms with van der Waals surface area (Å²) in [5.74, 6) is 0.682. The molecule has 26 heavy (non-hydrogen) atoms. The Balaban J connectivity index is 1.84. The third kappa shape index (κ3) is 4.42. The lowest BCUT2D eigenvalue weighted by atomic mass is 10.0. The number of likely N-dealkylation sites (N-methyl/N-ethyl adjacent to an activating group) is 1. The van der Waals surface area contributed by atoms with Crippen molar-refractivity contribution < 1.29 is 9.53 Å². The van der Waals surface area contributed by atoms with Crippen molar-refractivity contribution >= 4 is 11.6 Å². The predicted molar refractivity (Wildman–Crippen MR) is 104 cm³/mol. The first-order chi connectivity index (χ1) is 12.7. The SMILES string of the molecule is CCOc1ccccc1NC(=O)[C@H](c1ccccc1)N1CCN(C)CC1. The summed E-state index contributed by atoms with van der Waals surface area (Å²) in [7, 11) is 2.12. The first-order valence-electron chi connectivity index (χ1n) is 9.19. The topological polar surface area (TPSA) is 44.8 Å². The van der Waals surface area contributed by atoms with E-state index in [0.717, 1.165) is 37.4 Å². The van der Waals surface area contributed by atoms with Crippen molar-refractivity contribution in [2.24, 2.45) is 0 Å². The average molecular weight is 353 g/mol. The maximum absolute atomic E-state index is 13.2. The maximum atomic E-state index is 13.2. The third-order valence-corrected chi connectivity index (χ3v) is 4.71. The second-order valence-corrected chi connectivity index (χ2v) is 6.57. The molecule has 1 aliphatic heterocycles. The van der Waals surface area contributed by atoms with Crippen LogP contribution in [0.4, 0.5) is 5.69 Å². The Hall–Kier alpha value is -2.37. The molecule has 1 amide bonds. The zero-order valence-electron chi connectivity index (χ0n) is 15.5. The lowest BCUT2D eigenvalue weighted by Gasteiger charge is -2.37. The van der Waals surface area contributed by atoms with Crippen molar-refractivity contribution in [1.29, 1.82) is 0 Å². The molecule has 5 heteroatoms. The van der Waals surface area contributed by atoms with E-state index < -0.39 is 0 Å². The van der Waals surface area contributed by atoms with Crippen LogP contribution < -0.4 is 10.1 Å². The molecule has 0 radical (unpaired) electrons. The van der Waals surface area contributed by atoms with Gasteiger partial charge in [-0.1, -0.05) is 42.5 Å². The van der Waals surface area contributed by atoms with E-state index in [1.807, 2.05) is 61.5 Å². The van der Waals surface area contributed by atoms with Gasteiger partial charge in [0.2, 0.25) is 5.91 Å². The first-order valence-corrected chi connectivity index (χ1v) is 9.19. The van der Waals surface area contributed by atoms with E-state index in [9.17, 15) is 4.79 Å². The normalized spacial score (nSPS) is 16.8. The molecule has 0 aromatic heterocycles. The molecule has 5 nitrogen and oxygen atoms in total. The van der Waals surface area contributed by atoms with Gasteiger partial charge in [-0.05, 0) is 31.7 Å². The molecule has 0 aliphatic carbocycles. The fraction of sp³-hybridized carbons (Fsp3) is 0.381. The van der Waals surface area contributed by atoms with Gasteiger partial charge in [-0.15, -0.1) is 0 Å². The van der Waals surface area contributed by atoms with Crippen LogP contribution in [0, 0.1) is 0 Å². The van der Waals surface area contributed by atoms with E-state index in [4.69, 9.17) is 4.74 Å². The summed E-state index contributed by atoms with van der Waals surface area (Å²) in [4.78, 5) is 17.8. The van der Waals surface area contributed by atoms with E-state index in [1.54, 1.807) is 0 Å². The standard InChI is InChI=1S/C21H27N3O2/c1-3-26-19-12-8-7-11-18(19)22-21(25)20(17-9-5-4-6-10-17)24-15-13-23(2)14-16-24/h4-12,20H,3,13-16H2,1-2H3,(H,22,25)/t20-/m0/s1. The number of ether oxygens (including phenoxy) is 1. The number of amides is 1. The average Bonchev–Trinajstić information content (AvgIpc) is 2.66. The Bertz CT molecular complexity index is 712. The lowest BCUT2D eigenvalue weighted by Crippen LogP contribution is -2.48. The van der Waals surface area contributed by atoms with E-state index in [0.29, 0.717) is 12.4 Å². The minimum atomic E-state index is -0.306. The minimum absolute atomic E-state index is 0.0205. The largest absolute Gasteiger partial charge is 0.492 e. The number of anilines is 1. The number of hydrogen-bond donors (Lipinski definition) is 1. The quantitative estimate of drug-likeness (QED) is 0.867. The molecule has 2 aromatic carbocycles. The fourth-order valence-corrected chi connectivity index (χ4v) is 3.30. The van der Waals surface area contributed by atoms with Crippen LogP contribution in [-0.4, -0.2) is 55.5 Å². The Labute approximate surface area is 155 Å². The number of piperazine rings is 1. The number of carbonyl (C=O) groups is 1. The van der Waals surface area contributed by atoms with Gasteiger partial charge in [0.1, 0.15) is 11.8 Å². The van der Waals surface area contributed by atoms with Gasteiger partial charge in [0.15, 0.2) is 0 Å². The second kappa shape index (κ2) is 8.83. The van der Waals surface area contributed by atoms with Gasteiger partial charge in [-0.3, -0.25) is 9.69 Å². The highest BCUT2D eigenvalue weighted by molar-refractivity contribution is 5.96. The predicted octanol–water partition coefficient (Wildman–Crippen LogP) is 3.01. The molecule has 138 valence electrons. The number of carbonyl (C=O) groups excluding carboxylic acids is 1. The summed E-state index contributed by atoms with van der Waals surface area (Å²) < 4.78 is 5.65. The number of rotatable bonds is 6. The van der Waals surface area contributed by atoms with Crippen LogP contribution in [-0.2, 0) is 4.79 Å². The van der Waals surface area contributed by atoms with E-state index in [2.05, 4.69) is 22.2 Å². The van der Waals surface area contributed by atoms with Crippen LogP contribution in [0.3, 0.4) is 0 Å². The molecule has 1 N–H and O–H groups in total. The van der Waals surface area contributed by atoms with Gasteiger partial charge >= 0.3 is 0 Å². The first kappa shape index (κ1) is 18.4. The molecular weight excluding hydrogens is 326 g/mol. The molecular formula is C21H27N3O2. The van der Waals surface area contributed by atoms with Gasteiger partial charge in [0, 0.05) is 26.2 Å². The summed E-state index contributed by atoms with van der Waals surface area (Å²) in [6.07, 6.45) is 0. The van der Waals surface area contributed by atoms with E-state index in [1.165, 1.54) is 0 Å². The molecule has 1 atom stereocenters. The number of hydrogen-bond acceptors (Lipinski definition) is 4. The van der Waals surface area contributed by atoms with Gasteiger partial charge in [-0.25, -0.2) is 0 Å². The van der Waals surface area contributed by atoms with Gasteiger partial charge < -0.3 is 15.0 Å². The van der Waals surface area contributed by atoms with E-state index in [-0.39, 0.29) is 11.9 Å². The highest BCUT2D eigenvalue weighted by Gasteiger charge is 2.30. The van der Waals surface area contributed by atoms with Crippen LogP contribution in [0.1, 0.15) is 18.5 Å². The zero-order valence-corrected chi connectivity index (χ0v) is 15.5. The Kier molecular flexibility index (Phi) is 6.26. The molecule has 0 spiro atoms. The highest BCUT2D eigenvalue weighted by Crippen LogP contribution is 2.28. The monoisotopic (exact) mass is 353 g/mol. The summed E-state index contributed by atoms with van der Waals surface area (Å²) in [6, 6.07) is 17.3. The molecule has 1 fully saturated rings. The maximum Gasteiger partial charge on any atom is 0.246 e. The van der Waals surface area contributed by atoms with Crippen molar-refractivity contribution in [3.63, 3.8) is 0 Å². The third-order valence-electron chi connectivity index (χ3n) is 4.71. The van der Waals surface area contributed by atoms with E-state index >= 15 is 0 Å². The van der Waals surface area contributed by atoms with Crippen molar-refractivity contribution in [2.75, 3.05) is 45.2 Å². The number of benzene rings is 2. The molecule has 3 rings (SSSR count). The number of nitrogens with zero attached hydrogens (tertiary/aromatic N) is 2. The molecule has 1 aliphatic rings. The van der Waals surface area contributed by atoms with Gasteiger partial charge in [0.25, 0.3) is 0 Å². The van der Waals surface area contributed by atoms with Crippen LogP contribution in [0.2, 0.25) is 0 Å². The van der Waals surface area contributed by atoms with Crippen LogP contribution in [0.15, 0.2) is 54.6 Å². The zero-order chi connectivity index (χ0) is 18.4. The molecule has 1 saturated heterocycles. The Morgan fingerprint density at radius 1 is 1.04 bits per heavy atom. The molecule has 0 bridgehead atoms. The second-order valence-electron chi connectivity index (χ2n) is 6.57. The molecule has 1 heterocycles. The minimum Gasteiger partial charge on any atom is -0.492 e. The summed E-state index contributed by atoms with van der Waals surface area (Å²) >= 11 is 0. The van der Waals surface area contributed by atoms with Crippen molar-refractivity contribution in [3.8, 4) is 5.75 Å². The summed E-state index contributed by atoms with van der Waals surface area (Å²) in [6.45, 7) is 6.18. The Morgan fingerprint density at radius 2 is 1.69 bits per heavy atom. The van der Waals surface area contributed by atoms with Crippen LogP contribution >= 0.6 is 0 Å². The summed E-state index contributed by atoms with van der Waals surface area (Å²) in [5, 5.41) is 3.08. The molecule has 0 unspecified atom stereocenters. The number of nitrogens with one attached hydrogen (secondary N) is 1. The number of para-hydroxylation sites is 2. The van der Waals surface area contributed by atoms with Crippen molar-refractivity contribution in [2.45, 2.75) is 13.0 Å². The van der Waals surface area contributed by atoms with Gasteiger partial charge in [-0.2, -0.15) is 0 Å². The van der Waals surface area contributed by atoms with Crippen molar-refractivity contribution in [3.05, 3.63) is 60.2 Å². The van der Waals surface area contributed by atoms with Gasteiger partial charge in [0.05, 0.1) is 12.3 Å². The smallest absolute Gasteiger partial charge is 0.246 e. The van der Waals surface area contributed by atoms with Crippen LogP contribution in [0.25, 0.3) is 0 Å². The van der Waals surface area contributed by atoms with Crippen molar-refractivity contribution in [1.82, 2.24) is 9.80 Å². The Morgan fingerprint density at radius 3 is 2.38 bits per heavy atom. The highest BCUT2D eigenvalue weighted by atomic mass is 16.5. The fourth-order valence-electron chi connectivity index (χ4n) is 3.30. The lowest BCUT2D eigenvalue weighted by molar-refractivity contribution is -0.122. The summed E-state index contributed by atoms with van der Waals surface area (Å²) in [5.41, 5.74) is 1.73. The molecule has 2 aromatic rings. The molecule has 0 saturated carbocycles. The van der Waals surface area contributed by atoms with Crippen LogP contribution in [0.5, 0.6) is 5.75 Å².